The maximum atomic E-state index is 12.0. The number of ether oxygens (including phenoxy) is 2. The zero-order chi connectivity index (χ0) is 15.2. The molecule has 0 bridgehead atoms. The summed E-state index contributed by atoms with van der Waals surface area (Å²) in [6, 6.07) is 5.44. The molecule has 0 saturated carbocycles. The molecule has 0 spiro atoms. The van der Waals surface area contributed by atoms with Gasteiger partial charge in [-0.1, -0.05) is 6.42 Å². The predicted octanol–water partition coefficient (Wildman–Crippen LogP) is 2.31. The van der Waals surface area contributed by atoms with Crippen molar-refractivity contribution >= 4 is 11.7 Å². The molecule has 1 unspecified atom stereocenters. The number of carbonyl (C=O) groups excluding carboxylic acids is 1. The van der Waals surface area contributed by atoms with E-state index in [1.54, 1.807) is 25.3 Å². The molecule has 5 heteroatoms. The summed E-state index contributed by atoms with van der Waals surface area (Å²) in [4.78, 5) is 14.4. The van der Waals surface area contributed by atoms with Gasteiger partial charge in [0, 0.05) is 17.8 Å². The number of likely N-dealkylation sites (tertiary alicyclic amines) is 1. The van der Waals surface area contributed by atoms with Crippen LogP contribution in [0.3, 0.4) is 0 Å². The van der Waals surface area contributed by atoms with Crippen LogP contribution in [0, 0.1) is 0 Å². The normalized spacial score (nSPS) is 19.2. The fraction of sp³-hybridized carbons (Fsp3) is 0.562. The van der Waals surface area contributed by atoms with Crippen molar-refractivity contribution in [3.8, 4) is 5.75 Å². The van der Waals surface area contributed by atoms with Crippen molar-refractivity contribution in [2.75, 3.05) is 33.0 Å². The van der Waals surface area contributed by atoms with E-state index in [1.807, 2.05) is 0 Å². The third kappa shape index (κ3) is 4.36. The van der Waals surface area contributed by atoms with Crippen LogP contribution in [0.25, 0.3) is 0 Å². The van der Waals surface area contributed by atoms with Crippen molar-refractivity contribution in [3.05, 3.63) is 23.8 Å². The summed E-state index contributed by atoms with van der Waals surface area (Å²) in [6.45, 7) is 1.57. The molecular weight excluding hydrogens is 268 g/mol. The van der Waals surface area contributed by atoms with Crippen molar-refractivity contribution < 1.29 is 14.3 Å². The van der Waals surface area contributed by atoms with E-state index in [1.165, 1.54) is 19.3 Å². The molecule has 1 saturated heterocycles. The average Bonchev–Trinajstić information content (AvgIpc) is 2.48. The first kappa shape index (κ1) is 15.6. The van der Waals surface area contributed by atoms with Gasteiger partial charge in [0.2, 0.25) is 0 Å². The van der Waals surface area contributed by atoms with Crippen LogP contribution in [-0.4, -0.2) is 44.2 Å². The standard InChI is InChI=1S/C16H24N2O3/c1-18-7-4-3-5-14(18)6-8-21-16(19)12-9-13(17)11-15(10-12)20-2/h9-11,14H,3-8,17H2,1-2H3. The van der Waals surface area contributed by atoms with Gasteiger partial charge in [-0.05, 0) is 45.0 Å². The molecule has 116 valence electrons. The number of benzene rings is 1. The van der Waals surface area contributed by atoms with Gasteiger partial charge in [-0.3, -0.25) is 0 Å². The Balaban J connectivity index is 1.85. The first-order valence-electron chi connectivity index (χ1n) is 7.42. The molecule has 5 nitrogen and oxygen atoms in total. The topological polar surface area (TPSA) is 64.8 Å². The minimum atomic E-state index is -0.348. The molecule has 1 fully saturated rings. The van der Waals surface area contributed by atoms with Crippen LogP contribution < -0.4 is 10.5 Å². The molecule has 2 rings (SSSR count). The maximum Gasteiger partial charge on any atom is 0.338 e. The van der Waals surface area contributed by atoms with Crippen LogP contribution in [0.4, 0.5) is 5.69 Å². The second kappa shape index (κ2) is 7.31. The zero-order valence-corrected chi connectivity index (χ0v) is 12.8. The third-order valence-electron chi connectivity index (χ3n) is 4.01. The van der Waals surface area contributed by atoms with Crippen molar-refractivity contribution in [2.24, 2.45) is 0 Å². The number of nitrogen functional groups attached to an aromatic ring is 1. The van der Waals surface area contributed by atoms with E-state index in [0.717, 1.165) is 13.0 Å². The molecule has 0 amide bonds. The lowest BCUT2D eigenvalue weighted by Crippen LogP contribution is -2.37. The fourth-order valence-corrected chi connectivity index (χ4v) is 2.74. The van der Waals surface area contributed by atoms with E-state index in [2.05, 4.69) is 11.9 Å². The molecule has 1 heterocycles. The van der Waals surface area contributed by atoms with Crippen LogP contribution in [-0.2, 0) is 4.74 Å². The molecule has 1 aromatic rings. The Morgan fingerprint density at radius 3 is 2.90 bits per heavy atom. The van der Waals surface area contributed by atoms with Crippen molar-refractivity contribution in [2.45, 2.75) is 31.7 Å². The van der Waals surface area contributed by atoms with Gasteiger partial charge < -0.3 is 20.1 Å². The van der Waals surface area contributed by atoms with Crippen LogP contribution in [0.15, 0.2) is 18.2 Å². The number of methoxy groups -OCH3 is 1. The van der Waals surface area contributed by atoms with Gasteiger partial charge in [0.1, 0.15) is 5.75 Å². The van der Waals surface area contributed by atoms with E-state index in [9.17, 15) is 4.79 Å². The van der Waals surface area contributed by atoms with Gasteiger partial charge in [0.05, 0.1) is 19.3 Å². The zero-order valence-electron chi connectivity index (χ0n) is 12.8. The quantitative estimate of drug-likeness (QED) is 0.666. The third-order valence-corrected chi connectivity index (χ3v) is 4.01. The fourth-order valence-electron chi connectivity index (χ4n) is 2.74. The summed E-state index contributed by atoms with van der Waals surface area (Å²) in [5, 5.41) is 0. The number of nitrogens with two attached hydrogens (primary N) is 1. The molecule has 1 aromatic carbocycles. The number of rotatable bonds is 5. The van der Waals surface area contributed by atoms with E-state index < -0.39 is 0 Å². The SMILES string of the molecule is COc1cc(N)cc(C(=O)OCCC2CCCCN2C)c1. The summed E-state index contributed by atoms with van der Waals surface area (Å²) in [5.41, 5.74) is 6.67. The van der Waals surface area contributed by atoms with Gasteiger partial charge in [0.15, 0.2) is 0 Å². The van der Waals surface area contributed by atoms with Crippen LogP contribution in [0.1, 0.15) is 36.0 Å². The highest BCUT2D eigenvalue weighted by atomic mass is 16.5. The number of hydrogen-bond acceptors (Lipinski definition) is 5. The second-order valence-electron chi connectivity index (χ2n) is 5.55. The number of esters is 1. The Bertz CT molecular complexity index is 490. The van der Waals surface area contributed by atoms with Gasteiger partial charge >= 0.3 is 5.97 Å². The molecule has 0 radical (unpaired) electrons. The number of hydrogen-bond donors (Lipinski definition) is 1. The first-order chi connectivity index (χ1) is 10.1. The first-order valence-corrected chi connectivity index (χ1v) is 7.42. The smallest absolute Gasteiger partial charge is 0.338 e. The molecule has 2 N–H and O–H groups in total. The van der Waals surface area contributed by atoms with E-state index in [4.69, 9.17) is 15.2 Å². The molecule has 1 aliphatic heterocycles. The Morgan fingerprint density at radius 2 is 2.19 bits per heavy atom. The minimum absolute atomic E-state index is 0.348. The van der Waals surface area contributed by atoms with Crippen LogP contribution >= 0.6 is 0 Å². The lowest BCUT2D eigenvalue weighted by atomic mass is 10.0. The van der Waals surface area contributed by atoms with Crippen LogP contribution in [0.2, 0.25) is 0 Å². The largest absolute Gasteiger partial charge is 0.497 e. The molecular formula is C16H24N2O3. The Morgan fingerprint density at radius 1 is 1.38 bits per heavy atom. The summed E-state index contributed by atoms with van der Waals surface area (Å²) in [5.74, 6) is 0.216. The molecule has 0 aromatic heterocycles. The van der Waals surface area contributed by atoms with Crippen molar-refractivity contribution in [1.82, 2.24) is 4.90 Å². The lowest BCUT2D eigenvalue weighted by Gasteiger charge is -2.32. The van der Waals surface area contributed by atoms with Crippen LogP contribution in [0.5, 0.6) is 5.75 Å². The highest BCUT2D eigenvalue weighted by molar-refractivity contribution is 5.91. The number of anilines is 1. The number of carbonyl (C=O) groups is 1. The summed E-state index contributed by atoms with van der Waals surface area (Å²) in [7, 11) is 3.68. The highest BCUT2D eigenvalue weighted by Crippen LogP contribution is 2.20. The maximum absolute atomic E-state index is 12.0. The van der Waals surface area contributed by atoms with Gasteiger partial charge in [-0.2, -0.15) is 0 Å². The summed E-state index contributed by atoms with van der Waals surface area (Å²) >= 11 is 0. The van der Waals surface area contributed by atoms with E-state index in [-0.39, 0.29) is 5.97 Å². The van der Waals surface area contributed by atoms with Crippen molar-refractivity contribution in [1.29, 1.82) is 0 Å². The highest BCUT2D eigenvalue weighted by Gasteiger charge is 2.19. The Hall–Kier alpha value is -1.75. The van der Waals surface area contributed by atoms with Gasteiger partial charge in [0.25, 0.3) is 0 Å². The van der Waals surface area contributed by atoms with E-state index >= 15 is 0 Å². The van der Waals surface area contributed by atoms with E-state index in [0.29, 0.717) is 29.6 Å². The minimum Gasteiger partial charge on any atom is -0.497 e. The monoisotopic (exact) mass is 292 g/mol. The summed E-state index contributed by atoms with van der Waals surface area (Å²) in [6.07, 6.45) is 4.58. The second-order valence-corrected chi connectivity index (χ2v) is 5.55. The van der Waals surface area contributed by atoms with Gasteiger partial charge in [-0.25, -0.2) is 4.79 Å². The molecule has 21 heavy (non-hydrogen) atoms. The number of piperidine rings is 1. The Kier molecular flexibility index (Phi) is 5.44. The molecule has 1 atom stereocenters. The predicted molar refractivity (Wildman–Crippen MR) is 82.6 cm³/mol. The van der Waals surface area contributed by atoms with Gasteiger partial charge in [-0.15, -0.1) is 0 Å². The summed E-state index contributed by atoms with van der Waals surface area (Å²) < 4.78 is 10.5. The lowest BCUT2D eigenvalue weighted by molar-refractivity contribution is 0.0450. The average molecular weight is 292 g/mol. The Labute approximate surface area is 126 Å². The molecule has 1 aliphatic rings. The van der Waals surface area contributed by atoms with Crippen molar-refractivity contribution in [3.63, 3.8) is 0 Å². The number of nitrogens with zero attached hydrogens (tertiary/aromatic N) is 1. The molecule has 0 aliphatic carbocycles.